The van der Waals surface area contributed by atoms with Gasteiger partial charge in [-0.25, -0.2) is 8.78 Å². The first-order valence-electron chi connectivity index (χ1n) is 5.65. The standard InChI is InChI=1S/C14H12ClF2NO/c15-8-4-5-9(13(18)6-8)14(19)7-10-11(16)2-1-3-12(10)17/h1-6,14,19H,7,18H2. The fraction of sp³-hybridized carbons (Fsp3) is 0.143. The van der Waals surface area contributed by atoms with E-state index in [1.54, 1.807) is 12.1 Å². The van der Waals surface area contributed by atoms with Gasteiger partial charge >= 0.3 is 0 Å². The molecule has 0 aliphatic carbocycles. The van der Waals surface area contributed by atoms with Crippen LogP contribution in [0.3, 0.4) is 0 Å². The summed E-state index contributed by atoms with van der Waals surface area (Å²) in [7, 11) is 0. The van der Waals surface area contributed by atoms with Crippen molar-refractivity contribution >= 4 is 17.3 Å². The molecule has 1 unspecified atom stereocenters. The van der Waals surface area contributed by atoms with Crippen LogP contribution < -0.4 is 5.73 Å². The smallest absolute Gasteiger partial charge is 0.129 e. The van der Waals surface area contributed by atoms with E-state index in [9.17, 15) is 13.9 Å². The third-order valence-electron chi connectivity index (χ3n) is 2.87. The average Bonchev–Trinajstić information content (AvgIpc) is 2.33. The molecule has 19 heavy (non-hydrogen) atoms. The number of hydrogen-bond donors (Lipinski definition) is 2. The van der Waals surface area contributed by atoms with Gasteiger partial charge in [-0.3, -0.25) is 0 Å². The Kier molecular flexibility index (Phi) is 4.02. The van der Waals surface area contributed by atoms with Crippen molar-refractivity contribution in [2.24, 2.45) is 0 Å². The van der Waals surface area contributed by atoms with E-state index < -0.39 is 17.7 Å². The minimum atomic E-state index is -1.09. The zero-order valence-electron chi connectivity index (χ0n) is 9.91. The minimum Gasteiger partial charge on any atom is -0.398 e. The molecule has 0 saturated heterocycles. The summed E-state index contributed by atoms with van der Waals surface area (Å²) in [5.74, 6) is -1.38. The van der Waals surface area contributed by atoms with Gasteiger partial charge in [0, 0.05) is 28.3 Å². The summed E-state index contributed by atoms with van der Waals surface area (Å²) in [6, 6.07) is 8.16. The van der Waals surface area contributed by atoms with Gasteiger partial charge in [-0.2, -0.15) is 0 Å². The van der Waals surface area contributed by atoms with E-state index in [4.69, 9.17) is 17.3 Å². The summed E-state index contributed by atoms with van der Waals surface area (Å²) in [6.45, 7) is 0. The molecule has 3 N–H and O–H groups in total. The van der Waals surface area contributed by atoms with Gasteiger partial charge < -0.3 is 10.8 Å². The molecule has 2 aromatic rings. The lowest BCUT2D eigenvalue weighted by Crippen LogP contribution is -2.08. The lowest BCUT2D eigenvalue weighted by Gasteiger charge is -2.14. The molecule has 2 nitrogen and oxygen atoms in total. The maximum Gasteiger partial charge on any atom is 0.129 e. The van der Waals surface area contributed by atoms with Gasteiger partial charge in [-0.1, -0.05) is 23.7 Å². The highest BCUT2D eigenvalue weighted by molar-refractivity contribution is 6.30. The second kappa shape index (κ2) is 5.55. The molecule has 0 fully saturated rings. The Labute approximate surface area is 114 Å². The summed E-state index contributed by atoms with van der Waals surface area (Å²) in [5, 5.41) is 10.5. The van der Waals surface area contributed by atoms with Crippen molar-refractivity contribution in [1.82, 2.24) is 0 Å². The summed E-state index contributed by atoms with van der Waals surface area (Å²) in [5.41, 5.74) is 6.24. The third kappa shape index (κ3) is 3.03. The Bertz CT molecular complexity index is 584. The van der Waals surface area contributed by atoms with E-state index in [0.29, 0.717) is 10.6 Å². The van der Waals surface area contributed by atoms with Crippen molar-refractivity contribution in [2.45, 2.75) is 12.5 Å². The van der Waals surface area contributed by atoms with E-state index >= 15 is 0 Å². The Balaban J connectivity index is 2.28. The van der Waals surface area contributed by atoms with Crippen LogP contribution >= 0.6 is 11.6 Å². The predicted molar refractivity (Wildman–Crippen MR) is 70.9 cm³/mol. The molecule has 1 atom stereocenters. The summed E-state index contributed by atoms with van der Waals surface area (Å²) in [4.78, 5) is 0. The normalized spacial score (nSPS) is 12.4. The number of nitrogens with two attached hydrogens (primary N) is 1. The fourth-order valence-electron chi connectivity index (χ4n) is 1.88. The van der Waals surface area contributed by atoms with Crippen molar-refractivity contribution in [3.63, 3.8) is 0 Å². The highest BCUT2D eigenvalue weighted by atomic mass is 35.5. The monoisotopic (exact) mass is 283 g/mol. The second-order valence-electron chi connectivity index (χ2n) is 4.19. The number of halogens is 3. The maximum atomic E-state index is 13.5. The number of benzene rings is 2. The molecule has 2 rings (SSSR count). The minimum absolute atomic E-state index is 0.163. The molecular formula is C14H12ClF2NO. The molecule has 0 heterocycles. The predicted octanol–water partition coefficient (Wildman–Crippen LogP) is 3.48. The van der Waals surface area contributed by atoms with Gasteiger partial charge in [0.05, 0.1) is 6.10 Å². The van der Waals surface area contributed by atoms with E-state index in [2.05, 4.69) is 0 Å². The van der Waals surface area contributed by atoms with Crippen molar-refractivity contribution in [1.29, 1.82) is 0 Å². The average molecular weight is 284 g/mol. The Morgan fingerprint density at radius 2 is 1.79 bits per heavy atom. The molecule has 0 bridgehead atoms. The number of nitrogen functional groups attached to an aromatic ring is 1. The van der Waals surface area contributed by atoms with Crippen LogP contribution in [-0.4, -0.2) is 5.11 Å². The Morgan fingerprint density at radius 1 is 1.16 bits per heavy atom. The lowest BCUT2D eigenvalue weighted by molar-refractivity contribution is 0.176. The number of anilines is 1. The first-order chi connectivity index (χ1) is 8.99. The zero-order valence-corrected chi connectivity index (χ0v) is 10.7. The quantitative estimate of drug-likeness (QED) is 0.847. The topological polar surface area (TPSA) is 46.2 Å². The SMILES string of the molecule is Nc1cc(Cl)ccc1C(O)Cc1c(F)cccc1F. The molecule has 0 aliphatic rings. The lowest BCUT2D eigenvalue weighted by atomic mass is 9.99. The number of aliphatic hydroxyl groups is 1. The molecule has 0 aromatic heterocycles. The fourth-order valence-corrected chi connectivity index (χ4v) is 2.06. The molecule has 5 heteroatoms. The van der Waals surface area contributed by atoms with Crippen LogP contribution in [0.25, 0.3) is 0 Å². The van der Waals surface area contributed by atoms with Crippen LogP contribution in [0.1, 0.15) is 17.2 Å². The molecule has 0 radical (unpaired) electrons. The van der Waals surface area contributed by atoms with E-state index in [1.807, 2.05) is 0 Å². The zero-order chi connectivity index (χ0) is 14.0. The highest BCUT2D eigenvalue weighted by Gasteiger charge is 2.17. The maximum absolute atomic E-state index is 13.5. The summed E-state index contributed by atoms with van der Waals surface area (Å²) < 4.78 is 27.0. The largest absolute Gasteiger partial charge is 0.398 e. The first kappa shape index (κ1) is 13.8. The van der Waals surface area contributed by atoms with Crippen molar-refractivity contribution in [3.8, 4) is 0 Å². The van der Waals surface area contributed by atoms with Gasteiger partial charge in [0.1, 0.15) is 11.6 Å². The summed E-state index contributed by atoms with van der Waals surface area (Å²) >= 11 is 5.75. The molecule has 0 amide bonds. The number of hydrogen-bond acceptors (Lipinski definition) is 2. The van der Waals surface area contributed by atoms with Gasteiger partial charge in [-0.05, 0) is 24.3 Å². The van der Waals surface area contributed by atoms with Crippen LogP contribution in [0.5, 0.6) is 0 Å². The first-order valence-corrected chi connectivity index (χ1v) is 6.02. The van der Waals surface area contributed by atoms with Crippen molar-refractivity contribution in [2.75, 3.05) is 5.73 Å². The van der Waals surface area contributed by atoms with E-state index in [1.165, 1.54) is 12.1 Å². The molecule has 100 valence electrons. The van der Waals surface area contributed by atoms with Crippen LogP contribution in [-0.2, 0) is 6.42 Å². The number of rotatable bonds is 3. The Hall–Kier alpha value is -1.65. The Morgan fingerprint density at radius 3 is 2.37 bits per heavy atom. The van der Waals surface area contributed by atoms with Gasteiger partial charge in [0.25, 0.3) is 0 Å². The third-order valence-corrected chi connectivity index (χ3v) is 3.10. The van der Waals surface area contributed by atoms with Crippen molar-refractivity contribution < 1.29 is 13.9 Å². The van der Waals surface area contributed by atoms with Crippen LogP contribution in [0.4, 0.5) is 14.5 Å². The van der Waals surface area contributed by atoms with E-state index in [-0.39, 0.29) is 17.7 Å². The van der Waals surface area contributed by atoms with Crippen molar-refractivity contribution in [3.05, 3.63) is 64.2 Å². The molecule has 0 aliphatic heterocycles. The molecule has 2 aromatic carbocycles. The molecule has 0 saturated carbocycles. The van der Waals surface area contributed by atoms with Crippen LogP contribution in [0, 0.1) is 11.6 Å². The second-order valence-corrected chi connectivity index (χ2v) is 4.63. The van der Waals surface area contributed by atoms with Gasteiger partial charge in [0.2, 0.25) is 0 Å². The highest BCUT2D eigenvalue weighted by Crippen LogP contribution is 2.27. The van der Waals surface area contributed by atoms with Crippen LogP contribution in [0.2, 0.25) is 5.02 Å². The summed E-state index contributed by atoms with van der Waals surface area (Å²) in [6.07, 6.45) is -1.28. The van der Waals surface area contributed by atoms with Gasteiger partial charge in [-0.15, -0.1) is 0 Å². The van der Waals surface area contributed by atoms with Gasteiger partial charge in [0.15, 0.2) is 0 Å². The molecule has 0 spiro atoms. The molecular weight excluding hydrogens is 272 g/mol. The van der Waals surface area contributed by atoms with E-state index in [0.717, 1.165) is 12.1 Å². The van der Waals surface area contributed by atoms with Crippen LogP contribution in [0.15, 0.2) is 36.4 Å². The number of aliphatic hydroxyl groups excluding tert-OH is 1.